The van der Waals surface area contributed by atoms with Crippen LogP contribution in [0.4, 0.5) is 0 Å². The maximum Gasteiger partial charge on any atom is 0.246 e. The number of H-pyrrole nitrogens is 1. The predicted octanol–water partition coefficient (Wildman–Crippen LogP) is 1.40. The van der Waals surface area contributed by atoms with Crippen molar-refractivity contribution in [1.29, 1.82) is 0 Å². The zero-order valence-corrected chi connectivity index (χ0v) is 11.7. The fraction of sp³-hybridized carbons (Fsp3) is 0.429. The van der Waals surface area contributed by atoms with Crippen LogP contribution in [0.1, 0.15) is 18.8 Å². The quantitative estimate of drug-likeness (QED) is 0.750. The molecule has 0 saturated heterocycles. The molecule has 0 aliphatic heterocycles. The second-order valence-electron chi connectivity index (χ2n) is 4.47. The number of hydrogen-bond donors (Lipinski definition) is 2. The first-order valence-electron chi connectivity index (χ1n) is 6.51. The van der Waals surface area contributed by atoms with Gasteiger partial charge in [-0.1, -0.05) is 12.1 Å². The number of benzene rings is 1. The van der Waals surface area contributed by atoms with Gasteiger partial charge >= 0.3 is 0 Å². The Morgan fingerprint density at radius 1 is 1.40 bits per heavy atom. The monoisotopic (exact) mass is 277 g/mol. The normalized spacial score (nSPS) is 12.5. The molecule has 108 valence electrons. The number of fused-ring (bicyclic) bond motifs is 1. The first kappa shape index (κ1) is 14.5. The molecule has 0 radical (unpaired) electrons. The van der Waals surface area contributed by atoms with Gasteiger partial charge < -0.3 is 19.8 Å². The van der Waals surface area contributed by atoms with Crippen LogP contribution in [0.3, 0.4) is 0 Å². The van der Waals surface area contributed by atoms with Crippen molar-refractivity contribution in [1.82, 2.24) is 15.3 Å². The lowest BCUT2D eigenvalue weighted by atomic mass is 10.3. The first-order chi connectivity index (χ1) is 9.70. The Hall–Kier alpha value is -1.92. The number of nitrogens with one attached hydrogen (secondary N) is 2. The van der Waals surface area contributed by atoms with Gasteiger partial charge in [-0.25, -0.2) is 4.98 Å². The van der Waals surface area contributed by atoms with Crippen molar-refractivity contribution in [3.05, 3.63) is 30.1 Å². The number of carbonyl (C=O) groups is 1. The summed E-state index contributed by atoms with van der Waals surface area (Å²) in [5, 5.41) is 2.84. The Morgan fingerprint density at radius 3 is 2.95 bits per heavy atom. The molecule has 0 aliphatic rings. The van der Waals surface area contributed by atoms with E-state index in [4.69, 9.17) is 9.47 Å². The molecule has 1 unspecified atom stereocenters. The average Bonchev–Trinajstić information content (AvgIpc) is 2.87. The maximum atomic E-state index is 11.7. The highest BCUT2D eigenvalue weighted by Gasteiger charge is 2.13. The summed E-state index contributed by atoms with van der Waals surface area (Å²) < 4.78 is 10.00. The van der Waals surface area contributed by atoms with Gasteiger partial charge in [0.1, 0.15) is 12.4 Å². The Labute approximate surface area is 117 Å². The average molecular weight is 277 g/mol. The number of amides is 1. The minimum Gasteiger partial charge on any atom is -0.382 e. The van der Waals surface area contributed by atoms with Gasteiger partial charge in [-0.05, 0) is 19.1 Å². The third kappa shape index (κ3) is 3.79. The molecule has 20 heavy (non-hydrogen) atoms. The summed E-state index contributed by atoms with van der Waals surface area (Å²) in [5.74, 6) is 0.561. The van der Waals surface area contributed by atoms with E-state index < -0.39 is 0 Å². The third-order valence-electron chi connectivity index (χ3n) is 2.86. The number of carbonyl (C=O) groups excluding carboxylic acids is 1. The zero-order chi connectivity index (χ0) is 14.4. The molecule has 2 N–H and O–H groups in total. The zero-order valence-electron chi connectivity index (χ0n) is 11.7. The Balaban J connectivity index is 1.87. The number of methoxy groups -OCH3 is 1. The van der Waals surface area contributed by atoms with E-state index in [-0.39, 0.29) is 18.6 Å². The predicted molar refractivity (Wildman–Crippen MR) is 75.3 cm³/mol. The van der Waals surface area contributed by atoms with Crippen LogP contribution in [0.5, 0.6) is 0 Å². The van der Waals surface area contributed by atoms with Crippen LogP contribution in [-0.4, -0.2) is 42.8 Å². The van der Waals surface area contributed by atoms with E-state index in [2.05, 4.69) is 15.3 Å². The van der Waals surface area contributed by atoms with E-state index in [9.17, 15) is 4.79 Å². The van der Waals surface area contributed by atoms with Gasteiger partial charge in [-0.2, -0.15) is 0 Å². The van der Waals surface area contributed by atoms with Crippen LogP contribution in [0.25, 0.3) is 11.0 Å². The Morgan fingerprint density at radius 2 is 2.20 bits per heavy atom. The molecule has 0 aliphatic carbocycles. The molecule has 2 rings (SSSR count). The number of rotatable bonds is 7. The van der Waals surface area contributed by atoms with Crippen molar-refractivity contribution in [3.63, 3.8) is 0 Å². The number of hydrogen-bond acceptors (Lipinski definition) is 4. The van der Waals surface area contributed by atoms with Gasteiger partial charge in [-0.3, -0.25) is 4.79 Å². The van der Waals surface area contributed by atoms with E-state index in [1.54, 1.807) is 7.11 Å². The molecule has 0 saturated carbocycles. The van der Waals surface area contributed by atoms with E-state index in [0.717, 1.165) is 16.9 Å². The van der Waals surface area contributed by atoms with E-state index in [1.807, 2.05) is 31.2 Å². The number of ether oxygens (including phenoxy) is 2. The topological polar surface area (TPSA) is 76.2 Å². The summed E-state index contributed by atoms with van der Waals surface area (Å²) in [5.41, 5.74) is 1.85. The Bertz CT molecular complexity index is 535. The van der Waals surface area contributed by atoms with Crippen molar-refractivity contribution in [2.45, 2.75) is 13.0 Å². The molecule has 2 aromatic rings. The fourth-order valence-corrected chi connectivity index (χ4v) is 1.84. The van der Waals surface area contributed by atoms with Crippen LogP contribution >= 0.6 is 0 Å². The molecule has 1 aromatic carbocycles. The highest BCUT2D eigenvalue weighted by molar-refractivity contribution is 5.78. The van der Waals surface area contributed by atoms with Crippen LogP contribution in [0.2, 0.25) is 0 Å². The van der Waals surface area contributed by atoms with Gasteiger partial charge in [0.25, 0.3) is 0 Å². The van der Waals surface area contributed by atoms with Crippen LogP contribution in [0.15, 0.2) is 24.3 Å². The SMILES string of the molecule is COCCOCC(=O)NC(C)c1nc2ccccc2[nH]1. The molecule has 0 bridgehead atoms. The smallest absolute Gasteiger partial charge is 0.246 e. The summed E-state index contributed by atoms with van der Waals surface area (Å²) >= 11 is 0. The summed E-state index contributed by atoms with van der Waals surface area (Å²) in [4.78, 5) is 19.3. The minimum absolute atomic E-state index is 0.0218. The maximum absolute atomic E-state index is 11.7. The van der Waals surface area contributed by atoms with Crippen LogP contribution in [0, 0.1) is 0 Å². The lowest BCUT2D eigenvalue weighted by Crippen LogP contribution is -2.31. The van der Waals surface area contributed by atoms with E-state index in [1.165, 1.54) is 0 Å². The molecule has 1 amide bonds. The molecular weight excluding hydrogens is 258 g/mol. The number of para-hydroxylation sites is 2. The molecular formula is C14H19N3O3. The highest BCUT2D eigenvalue weighted by atomic mass is 16.5. The Kier molecular flexibility index (Phi) is 5.09. The molecule has 6 heteroatoms. The molecule has 1 aromatic heterocycles. The van der Waals surface area contributed by atoms with E-state index in [0.29, 0.717) is 13.2 Å². The second kappa shape index (κ2) is 7.02. The largest absolute Gasteiger partial charge is 0.382 e. The van der Waals surface area contributed by atoms with Gasteiger partial charge in [0.05, 0.1) is 30.3 Å². The van der Waals surface area contributed by atoms with Crippen molar-refractivity contribution in [2.24, 2.45) is 0 Å². The van der Waals surface area contributed by atoms with Crippen LogP contribution < -0.4 is 5.32 Å². The highest BCUT2D eigenvalue weighted by Crippen LogP contribution is 2.15. The summed E-state index contributed by atoms with van der Waals surface area (Å²) in [6, 6.07) is 7.56. The minimum atomic E-state index is -0.194. The van der Waals surface area contributed by atoms with Gasteiger partial charge in [0.15, 0.2) is 0 Å². The number of aromatic amines is 1. The number of nitrogens with zero attached hydrogens (tertiary/aromatic N) is 1. The van der Waals surface area contributed by atoms with Crippen LogP contribution in [-0.2, 0) is 14.3 Å². The van der Waals surface area contributed by atoms with E-state index >= 15 is 0 Å². The van der Waals surface area contributed by atoms with Gasteiger partial charge in [0, 0.05) is 7.11 Å². The molecule has 0 fully saturated rings. The molecule has 0 spiro atoms. The second-order valence-corrected chi connectivity index (χ2v) is 4.47. The summed E-state index contributed by atoms with van der Waals surface area (Å²) in [6.45, 7) is 2.79. The standard InChI is InChI=1S/C14H19N3O3/c1-10(15-13(18)9-20-8-7-19-2)14-16-11-5-3-4-6-12(11)17-14/h3-6,10H,7-9H2,1-2H3,(H,15,18)(H,16,17). The van der Waals surface area contributed by atoms with Crippen molar-refractivity contribution < 1.29 is 14.3 Å². The lowest BCUT2D eigenvalue weighted by molar-refractivity contribution is -0.126. The van der Waals surface area contributed by atoms with Crippen molar-refractivity contribution in [3.8, 4) is 0 Å². The lowest BCUT2D eigenvalue weighted by Gasteiger charge is -2.11. The molecule has 1 atom stereocenters. The van der Waals surface area contributed by atoms with Crippen molar-refractivity contribution in [2.75, 3.05) is 26.9 Å². The van der Waals surface area contributed by atoms with Crippen molar-refractivity contribution >= 4 is 16.9 Å². The summed E-state index contributed by atoms with van der Waals surface area (Å²) in [7, 11) is 1.59. The van der Waals surface area contributed by atoms with Gasteiger partial charge in [0.2, 0.25) is 5.91 Å². The number of aromatic nitrogens is 2. The first-order valence-corrected chi connectivity index (χ1v) is 6.51. The fourth-order valence-electron chi connectivity index (χ4n) is 1.84. The third-order valence-corrected chi connectivity index (χ3v) is 2.86. The molecule has 1 heterocycles. The van der Waals surface area contributed by atoms with Gasteiger partial charge in [-0.15, -0.1) is 0 Å². The number of imidazole rings is 1. The summed E-state index contributed by atoms with van der Waals surface area (Å²) in [6.07, 6.45) is 0. The molecule has 6 nitrogen and oxygen atoms in total.